The summed E-state index contributed by atoms with van der Waals surface area (Å²) in [5.41, 5.74) is 0. The Balaban J connectivity index is 1.63. The molecule has 2 aliphatic heterocycles. The van der Waals surface area contributed by atoms with Gasteiger partial charge in [0.15, 0.2) is 0 Å². The first-order chi connectivity index (χ1) is 9.22. The molecule has 2 rings (SSSR count). The summed E-state index contributed by atoms with van der Waals surface area (Å²) in [6, 6.07) is 0. The van der Waals surface area contributed by atoms with E-state index in [0.29, 0.717) is 30.7 Å². The number of aliphatic hydroxyl groups excluding tert-OH is 1. The minimum Gasteiger partial charge on any atom is -0.480 e. The Hall–Kier alpha value is -0.650. The molecule has 5 nitrogen and oxygen atoms in total. The molecule has 0 aromatic heterocycles. The Labute approximate surface area is 113 Å². The molecule has 19 heavy (non-hydrogen) atoms. The van der Waals surface area contributed by atoms with Crippen LogP contribution in [0.2, 0.25) is 0 Å². The number of aliphatic hydroxyl groups is 1. The van der Waals surface area contributed by atoms with E-state index in [1.807, 2.05) is 0 Å². The highest BCUT2D eigenvalue weighted by Crippen LogP contribution is 2.46. The number of hydrogen-bond acceptors (Lipinski definition) is 4. The molecule has 2 N–H and O–H groups in total. The van der Waals surface area contributed by atoms with Gasteiger partial charge in [-0.1, -0.05) is 6.42 Å². The molecular formula is C14H24O5. The van der Waals surface area contributed by atoms with Crippen LogP contribution < -0.4 is 0 Å². The average Bonchev–Trinajstić information content (AvgIpc) is 2.95. The number of carboxylic acids is 1. The first-order valence-corrected chi connectivity index (χ1v) is 7.28. The van der Waals surface area contributed by atoms with Crippen LogP contribution in [0.1, 0.15) is 38.5 Å². The molecule has 2 heterocycles. The maximum Gasteiger partial charge on any atom is 0.329 e. The third-order valence-corrected chi connectivity index (χ3v) is 4.35. The SMILES string of the molecule is O=C(O)COCCCC[C@H]1[C@@H](CCO)[C@H]2CC[C@@H]1O2. The molecule has 0 radical (unpaired) electrons. The van der Waals surface area contributed by atoms with Crippen molar-refractivity contribution in [1.29, 1.82) is 0 Å². The summed E-state index contributed by atoms with van der Waals surface area (Å²) >= 11 is 0. The van der Waals surface area contributed by atoms with Gasteiger partial charge in [0, 0.05) is 13.2 Å². The first kappa shape index (κ1) is 14.8. The van der Waals surface area contributed by atoms with Gasteiger partial charge in [0.05, 0.1) is 12.2 Å². The van der Waals surface area contributed by atoms with Crippen molar-refractivity contribution in [3.8, 4) is 0 Å². The standard InChI is InChI=1S/C14H24O5/c15-7-6-11-10(12-4-5-13(11)19-12)3-1-2-8-18-9-14(16)17/h10-13,15H,1-9H2,(H,16,17)/t10-,11+,12-,13+/m0/s1. The van der Waals surface area contributed by atoms with Gasteiger partial charge in [-0.3, -0.25) is 0 Å². The zero-order chi connectivity index (χ0) is 13.7. The van der Waals surface area contributed by atoms with Gasteiger partial charge in [-0.25, -0.2) is 4.79 Å². The molecule has 2 saturated heterocycles. The van der Waals surface area contributed by atoms with Crippen LogP contribution in [0.3, 0.4) is 0 Å². The molecule has 0 saturated carbocycles. The van der Waals surface area contributed by atoms with E-state index in [1.54, 1.807) is 0 Å². The fourth-order valence-electron chi connectivity index (χ4n) is 3.56. The van der Waals surface area contributed by atoms with E-state index in [0.717, 1.165) is 38.5 Å². The Morgan fingerprint density at radius 1 is 1.16 bits per heavy atom. The summed E-state index contributed by atoms with van der Waals surface area (Å²) in [4.78, 5) is 10.3. The van der Waals surface area contributed by atoms with Gasteiger partial charge in [-0.2, -0.15) is 0 Å². The molecular weight excluding hydrogens is 248 g/mol. The third-order valence-electron chi connectivity index (χ3n) is 4.35. The monoisotopic (exact) mass is 272 g/mol. The number of ether oxygens (including phenoxy) is 2. The Morgan fingerprint density at radius 2 is 1.84 bits per heavy atom. The lowest BCUT2D eigenvalue weighted by Gasteiger charge is -2.27. The lowest BCUT2D eigenvalue weighted by Crippen LogP contribution is -2.28. The van der Waals surface area contributed by atoms with Crippen molar-refractivity contribution >= 4 is 5.97 Å². The Kier molecular flexibility index (Phi) is 5.60. The van der Waals surface area contributed by atoms with E-state index in [2.05, 4.69) is 0 Å². The van der Waals surface area contributed by atoms with Crippen molar-refractivity contribution in [2.24, 2.45) is 11.8 Å². The summed E-state index contributed by atoms with van der Waals surface area (Å²) in [7, 11) is 0. The van der Waals surface area contributed by atoms with Crippen molar-refractivity contribution in [2.45, 2.75) is 50.7 Å². The van der Waals surface area contributed by atoms with Gasteiger partial charge in [0.25, 0.3) is 0 Å². The lowest BCUT2D eigenvalue weighted by atomic mass is 9.75. The maximum absolute atomic E-state index is 10.3. The fraction of sp³-hybridized carbons (Fsp3) is 0.929. The number of aliphatic carboxylic acids is 1. The zero-order valence-corrected chi connectivity index (χ0v) is 11.3. The van der Waals surface area contributed by atoms with E-state index in [9.17, 15) is 4.79 Å². The molecule has 0 spiro atoms. The molecule has 0 aliphatic carbocycles. The van der Waals surface area contributed by atoms with Crippen LogP contribution in [0, 0.1) is 11.8 Å². The van der Waals surface area contributed by atoms with Gasteiger partial charge in [0.2, 0.25) is 0 Å². The van der Waals surface area contributed by atoms with Gasteiger partial charge in [-0.15, -0.1) is 0 Å². The molecule has 0 aromatic carbocycles. The minimum absolute atomic E-state index is 0.204. The van der Waals surface area contributed by atoms with Crippen molar-refractivity contribution in [2.75, 3.05) is 19.8 Å². The predicted octanol–water partition coefficient (Wildman–Crippen LogP) is 1.43. The van der Waals surface area contributed by atoms with Crippen molar-refractivity contribution in [3.05, 3.63) is 0 Å². The number of fused-ring (bicyclic) bond motifs is 2. The zero-order valence-electron chi connectivity index (χ0n) is 11.3. The Bertz CT molecular complexity index is 294. The second-order valence-corrected chi connectivity index (χ2v) is 5.57. The smallest absolute Gasteiger partial charge is 0.329 e. The highest BCUT2D eigenvalue weighted by molar-refractivity contribution is 5.67. The van der Waals surface area contributed by atoms with Gasteiger partial charge < -0.3 is 19.7 Å². The molecule has 0 amide bonds. The largest absolute Gasteiger partial charge is 0.480 e. The first-order valence-electron chi connectivity index (χ1n) is 7.28. The van der Waals surface area contributed by atoms with Crippen LogP contribution in [0.4, 0.5) is 0 Å². The molecule has 2 aliphatic rings. The molecule has 0 unspecified atom stereocenters. The Morgan fingerprint density at radius 3 is 2.47 bits per heavy atom. The van der Waals surface area contributed by atoms with Crippen molar-refractivity contribution < 1.29 is 24.5 Å². The highest BCUT2D eigenvalue weighted by Gasteiger charge is 2.47. The highest BCUT2D eigenvalue weighted by atomic mass is 16.5. The van der Waals surface area contributed by atoms with Gasteiger partial charge in [0.1, 0.15) is 6.61 Å². The summed E-state index contributed by atoms with van der Waals surface area (Å²) in [5.74, 6) is 0.179. The average molecular weight is 272 g/mol. The van der Waals surface area contributed by atoms with Crippen LogP contribution in [-0.2, 0) is 14.3 Å². The molecule has 110 valence electrons. The molecule has 4 atom stereocenters. The molecule has 2 bridgehead atoms. The van der Waals surface area contributed by atoms with E-state index in [-0.39, 0.29) is 13.2 Å². The van der Waals surface area contributed by atoms with E-state index < -0.39 is 5.97 Å². The second kappa shape index (κ2) is 7.22. The summed E-state index contributed by atoms with van der Waals surface area (Å²) in [5, 5.41) is 17.6. The number of carboxylic acid groups (broad SMARTS) is 1. The molecule has 5 heteroatoms. The normalized spacial score (nSPS) is 32.9. The number of hydrogen-bond donors (Lipinski definition) is 2. The number of unbranched alkanes of at least 4 members (excludes halogenated alkanes) is 1. The van der Waals surface area contributed by atoms with E-state index >= 15 is 0 Å². The maximum atomic E-state index is 10.3. The van der Waals surface area contributed by atoms with Crippen LogP contribution >= 0.6 is 0 Å². The lowest BCUT2D eigenvalue weighted by molar-refractivity contribution is -0.142. The molecule has 0 aromatic rings. The fourth-order valence-corrected chi connectivity index (χ4v) is 3.56. The quantitative estimate of drug-likeness (QED) is 0.621. The van der Waals surface area contributed by atoms with E-state index in [1.165, 1.54) is 0 Å². The van der Waals surface area contributed by atoms with Crippen LogP contribution in [0.15, 0.2) is 0 Å². The van der Waals surface area contributed by atoms with Crippen molar-refractivity contribution in [3.63, 3.8) is 0 Å². The number of rotatable bonds is 9. The van der Waals surface area contributed by atoms with Crippen LogP contribution in [0.5, 0.6) is 0 Å². The second-order valence-electron chi connectivity index (χ2n) is 5.57. The third kappa shape index (κ3) is 3.91. The minimum atomic E-state index is -0.912. The predicted molar refractivity (Wildman–Crippen MR) is 68.9 cm³/mol. The summed E-state index contributed by atoms with van der Waals surface area (Å²) in [6.07, 6.45) is 6.95. The van der Waals surface area contributed by atoms with Gasteiger partial charge >= 0.3 is 5.97 Å². The number of carbonyl (C=O) groups is 1. The van der Waals surface area contributed by atoms with E-state index in [4.69, 9.17) is 19.7 Å². The van der Waals surface area contributed by atoms with Gasteiger partial charge in [-0.05, 0) is 43.9 Å². The van der Waals surface area contributed by atoms with Crippen LogP contribution in [0.25, 0.3) is 0 Å². The topological polar surface area (TPSA) is 76.0 Å². The molecule has 2 fully saturated rings. The summed E-state index contributed by atoms with van der Waals surface area (Å²) < 4.78 is 11.0. The van der Waals surface area contributed by atoms with Crippen molar-refractivity contribution in [1.82, 2.24) is 0 Å². The summed E-state index contributed by atoms with van der Waals surface area (Å²) in [6.45, 7) is 0.554. The van der Waals surface area contributed by atoms with Crippen LogP contribution in [-0.4, -0.2) is 48.2 Å².